The smallest absolute Gasteiger partial charge is 0.321 e. The van der Waals surface area contributed by atoms with Crippen molar-refractivity contribution in [2.75, 3.05) is 25.0 Å². The van der Waals surface area contributed by atoms with E-state index in [-0.39, 0.29) is 17.4 Å². The number of likely N-dealkylation sites (tertiary alicyclic amines) is 1. The Balaban J connectivity index is 1.68. The second kappa shape index (κ2) is 7.24. The van der Waals surface area contributed by atoms with Gasteiger partial charge in [-0.15, -0.1) is 0 Å². The molecule has 1 aliphatic heterocycles. The summed E-state index contributed by atoms with van der Waals surface area (Å²) in [5.41, 5.74) is 1.000. The van der Waals surface area contributed by atoms with Crippen molar-refractivity contribution in [1.29, 1.82) is 0 Å². The molecule has 2 N–H and O–H groups in total. The molecular weight excluding hydrogens is 302 g/mol. The molecule has 1 aromatic carbocycles. The van der Waals surface area contributed by atoms with Gasteiger partial charge < -0.3 is 15.5 Å². The number of amides is 3. The van der Waals surface area contributed by atoms with Crippen LogP contribution in [0.3, 0.4) is 0 Å². The number of hydrogen-bond acceptors (Lipinski definition) is 2. The molecule has 1 atom stereocenters. The third-order valence-electron chi connectivity index (χ3n) is 5.57. The molecule has 1 saturated heterocycles. The SMILES string of the molecule is CC(=O)NCC1CN(C(=O)Nc2ccccc2)CC12CCCCC2. The van der Waals surface area contributed by atoms with Crippen LogP contribution in [0.25, 0.3) is 0 Å². The van der Waals surface area contributed by atoms with Crippen LogP contribution in [0.2, 0.25) is 0 Å². The summed E-state index contributed by atoms with van der Waals surface area (Å²) in [5.74, 6) is 0.358. The lowest BCUT2D eigenvalue weighted by Crippen LogP contribution is -2.39. The third kappa shape index (κ3) is 3.71. The number of nitrogens with one attached hydrogen (secondary N) is 2. The first kappa shape index (κ1) is 16.8. The lowest BCUT2D eigenvalue weighted by atomic mass is 9.68. The van der Waals surface area contributed by atoms with E-state index in [2.05, 4.69) is 10.6 Å². The van der Waals surface area contributed by atoms with Crippen molar-refractivity contribution in [3.05, 3.63) is 30.3 Å². The van der Waals surface area contributed by atoms with Gasteiger partial charge in [-0.25, -0.2) is 4.79 Å². The predicted octanol–water partition coefficient (Wildman–Crippen LogP) is 3.24. The zero-order valence-corrected chi connectivity index (χ0v) is 14.4. The van der Waals surface area contributed by atoms with Crippen molar-refractivity contribution in [2.24, 2.45) is 11.3 Å². The van der Waals surface area contributed by atoms with Crippen LogP contribution in [0.1, 0.15) is 39.0 Å². The maximum atomic E-state index is 12.7. The maximum absolute atomic E-state index is 12.7. The Morgan fingerprint density at radius 1 is 1.17 bits per heavy atom. The summed E-state index contributed by atoms with van der Waals surface area (Å²) in [4.78, 5) is 25.9. The van der Waals surface area contributed by atoms with E-state index in [1.165, 1.54) is 19.3 Å². The molecule has 2 aliphatic rings. The Kier molecular flexibility index (Phi) is 5.07. The summed E-state index contributed by atoms with van der Waals surface area (Å²) in [6, 6.07) is 9.55. The zero-order chi connectivity index (χ0) is 17.0. The van der Waals surface area contributed by atoms with E-state index < -0.39 is 0 Å². The molecule has 1 unspecified atom stereocenters. The van der Waals surface area contributed by atoms with Gasteiger partial charge in [0.1, 0.15) is 0 Å². The number of carbonyl (C=O) groups excluding carboxylic acids is 2. The molecule has 5 nitrogen and oxygen atoms in total. The van der Waals surface area contributed by atoms with Crippen molar-refractivity contribution in [3.8, 4) is 0 Å². The number of urea groups is 1. The highest BCUT2D eigenvalue weighted by atomic mass is 16.2. The Bertz CT molecular complexity index is 582. The van der Waals surface area contributed by atoms with Gasteiger partial charge in [0.25, 0.3) is 0 Å². The first-order valence-corrected chi connectivity index (χ1v) is 8.94. The maximum Gasteiger partial charge on any atom is 0.321 e. The third-order valence-corrected chi connectivity index (χ3v) is 5.57. The predicted molar refractivity (Wildman–Crippen MR) is 94.7 cm³/mol. The Labute approximate surface area is 143 Å². The van der Waals surface area contributed by atoms with E-state index in [4.69, 9.17) is 0 Å². The molecule has 2 fully saturated rings. The fraction of sp³-hybridized carbons (Fsp3) is 0.579. The number of nitrogens with zero attached hydrogens (tertiary/aromatic N) is 1. The minimum Gasteiger partial charge on any atom is -0.356 e. The summed E-state index contributed by atoms with van der Waals surface area (Å²) >= 11 is 0. The van der Waals surface area contributed by atoms with Crippen molar-refractivity contribution < 1.29 is 9.59 Å². The van der Waals surface area contributed by atoms with Gasteiger partial charge in [-0.2, -0.15) is 0 Å². The van der Waals surface area contributed by atoms with Gasteiger partial charge >= 0.3 is 6.03 Å². The van der Waals surface area contributed by atoms with E-state index in [9.17, 15) is 9.59 Å². The van der Waals surface area contributed by atoms with Gasteiger partial charge in [0.2, 0.25) is 5.91 Å². The highest BCUT2D eigenvalue weighted by Gasteiger charge is 2.47. The standard InChI is InChI=1S/C19H27N3O2/c1-15(23)20-12-16-13-22(14-19(16)10-6-3-7-11-19)18(24)21-17-8-4-2-5-9-17/h2,4-5,8-9,16H,3,6-7,10-14H2,1H3,(H,20,23)(H,21,24). The molecule has 130 valence electrons. The molecular formula is C19H27N3O2. The van der Waals surface area contributed by atoms with Crippen LogP contribution >= 0.6 is 0 Å². The summed E-state index contributed by atoms with van der Waals surface area (Å²) in [5, 5.41) is 5.96. The number of hydrogen-bond donors (Lipinski definition) is 2. The molecule has 0 bridgehead atoms. The molecule has 1 heterocycles. The number of benzene rings is 1. The first-order chi connectivity index (χ1) is 11.6. The summed E-state index contributed by atoms with van der Waals surface area (Å²) < 4.78 is 0. The van der Waals surface area contributed by atoms with E-state index in [1.807, 2.05) is 35.2 Å². The van der Waals surface area contributed by atoms with Crippen LogP contribution in [0.5, 0.6) is 0 Å². The van der Waals surface area contributed by atoms with Crippen LogP contribution in [0, 0.1) is 11.3 Å². The number of rotatable bonds is 3. The van der Waals surface area contributed by atoms with E-state index >= 15 is 0 Å². The number of anilines is 1. The molecule has 5 heteroatoms. The Morgan fingerprint density at radius 2 is 1.88 bits per heavy atom. The van der Waals surface area contributed by atoms with Gasteiger partial charge in [0.05, 0.1) is 0 Å². The average molecular weight is 329 g/mol. The fourth-order valence-corrected chi connectivity index (χ4v) is 4.28. The van der Waals surface area contributed by atoms with Gasteiger partial charge in [-0.1, -0.05) is 37.5 Å². The van der Waals surface area contributed by atoms with Crippen molar-refractivity contribution >= 4 is 17.6 Å². The summed E-state index contributed by atoms with van der Waals surface area (Å²) in [7, 11) is 0. The number of para-hydroxylation sites is 1. The zero-order valence-electron chi connectivity index (χ0n) is 14.4. The largest absolute Gasteiger partial charge is 0.356 e. The highest BCUT2D eigenvalue weighted by molar-refractivity contribution is 5.89. The monoisotopic (exact) mass is 329 g/mol. The lowest BCUT2D eigenvalue weighted by molar-refractivity contribution is -0.119. The first-order valence-electron chi connectivity index (χ1n) is 8.94. The molecule has 3 amide bonds. The molecule has 1 spiro atoms. The van der Waals surface area contributed by atoms with Gasteiger partial charge in [0.15, 0.2) is 0 Å². The van der Waals surface area contributed by atoms with Crippen molar-refractivity contribution in [1.82, 2.24) is 10.2 Å². The van der Waals surface area contributed by atoms with E-state index in [1.54, 1.807) is 6.92 Å². The average Bonchev–Trinajstić information content (AvgIpc) is 2.92. The fourth-order valence-electron chi connectivity index (χ4n) is 4.28. The molecule has 24 heavy (non-hydrogen) atoms. The van der Waals surface area contributed by atoms with Crippen LogP contribution in [0.15, 0.2) is 30.3 Å². The van der Waals surface area contributed by atoms with Crippen molar-refractivity contribution in [2.45, 2.75) is 39.0 Å². The van der Waals surface area contributed by atoms with Crippen LogP contribution in [-0.4, -0.2) is 36.5 Å². The topological polar surface area (TPSA) is 61.4 Å². The molecule has 1 saturated carbocycles. The van der Waals surface area contributed by atoms with E-state index in [0.29, 0.717) is 12.5 Å². The van der Waals surface area contributed by atoms with Crippen LogP contribution < -0.4 is 10.6 Å². The summed E-state index contributed by atoms with van der Waals surface area (Å²) in [6.45, 7) is 3.75. The number of carbonyl (C=O) groups is 2. The molecule has 1 aliphatic carbocycles. The minimum atomic E-state index is -0.0310. The van der Waals surface area contributed by atoms with E-state index in [0.717, 1.165) is 31.6 Å². The van der Waals surface area contributed by atoms with Gasteiger partial charge in [0, 0.05) is 38.2 Å². The molecule has 0 radical (unpaired) electrons. The van der Waals surface area contributed by atoms with Gasteiger partial charge in [-0.3, -0.25) is 4.79 Å². The Hall–Kier alpha value is -2.04. The second-order valence-electron chi connectivity index (χ2n) is 7.23. The van der Waals surface area contributed by atoms with Gasteiger partial charge in [-0.05, 0) is 30.4 Å². The minimum absolute atomic E-state index is 0.00754. The van der Waals surface area contributed by atoms with Crippen LogP contribution in [0.4, 0.5) is 10.5 Å². The Morgan fingerprint density at radius 3 is 2.54 bits per heavy atom. The quantitative estimate of drug-likeness (QED) is 0.894. The molecule has 0 aromatic heterocycles. The normalized spacial score (nSPS) is 22.4. The molecule has 1 aromatic rings. The van der Waals surface area contributed by atoms with Crippen molar-refractivity contribution in [3.63, 3.8) is 0 Å². The van der Waals surface area contributed by atoms with Crippen LogP contribution in [-0.2, 0) is 4.79 Å². The highest BCUT2D eigenvalue weighted by Crippen LogP contribution is 2.47. The lowest BCUT2D eigenvalue weighted by Gasteiger charge is -2.38. The molecule has 3 rings (SSSR count). The summed E-state index contributed by atoms with van der Waals surface area (Å²) in [6.07, 6.45) is 6.05. The second-order valence-corrected chi connectivity index (χ2v) is 7.23.